The number of carbonyl (C=O) groups excluding carboxylic acids is 2. The summed E-state index contributed by atoms with van der Waals surface area (Å²) in [6, 6.07) is 13.8. The lowest BCUT2D eigenvalue weighted by Gasteiger charge is -2.24. The zero-order chi connectivity index (χ0) is 24.9. The van der Waals surface area contributed by atoms with Crippen LogP contribution in [0, 0.1) is 0 Å². The van der Waals surface area contributed by atoms with E-state index in [1.165, 1.54) is 18.0 Å². The molecule has 1 saturated heterocycles. The van der Waals surface area contributed by atoms with Crippen LogP contribution in [0.4, 0.5) is 16.2 Å². The third-order valence-electron chi connectivity index (χ3n) is 5.95. The van der Waals surface area contributed by atoms with Crippen molar-refractivity contribution in [1.29, 1.82) is 0 Å². The van der Waals surface area contributed by atoms with Crippen molar-refractivity contribution in [3.05, 3.63) is 72.1 Å². The number of carbonyl (C=O) groups is 3. The van der Waals surface area contributed by atoms with Gasteiger partial charge in [0.25, 0.3) is 0 Å². The fraction of sp³-hybridized carbons (Fsp3) is 0.269. The predicted molar refractivity (Wildman–Crippen MR) is 132 cm³/mol. The number of aromatic carboxylic acids is 1. The average Bonchev–Trinajstić information content (AvgIpc) is 3.35. The van der Waals surface area contributed by atoms with Gasteiger partial charge in [0.05, 0.1) is 5.56 Å². The number of carboxylic acid groups (broad SMARTS) is 1. The van der Waals surface area contributed by atoms with Gasteiger partial charge in [0.15, 0.2) is 5.82 Å². The number of nitrogens with zero attached hydrogens (tertiary/aromatic N) is 3. The monoisotopic (exact) mass is 473 g/mol. The molecule has 35 heavy (non-hydrogen) atoms. The van der Waals surface area contributed by atoms with Crippen molar-refractivity contribution in [2.75, 3.05) is 17.2 Å². The van der Waals surface area contributed by atoms with E-state index in [1.54, 1.807) is 29.2 Å². The molecule has 0 aliphatic carbocycles. The van der Waals surface area contributed by atoms with Crippen molar-refractivity contribution in [3.8, 4) is 11.4 Å². The fourth-order valence-electron chi connectivity index (χ4n) is 3.94. The summed E-state index contributed by atoms with van der Waals surface area (Å²) in [5.41, 5.74) is 3.16. The Balaban J connectivity index is 1.37. The highest BCUT2D eigenvalue weighted by Gasteiger charge is 2.34. The van der Waals surface area contributed by atoms with Crippen LogP contribution in [-0.4, -0.2) is 50.5 Å². The van der Waals surface area contributed by atoms with Gasteiger partial charge in [0.1, 0.15) is 6.04 Å². The van der Waals surface area contributed by atoms with E-state index in [2.05, 4.69) is 34.4 Å². The van der Waals surface area contributed by atoms with Crippen LogP contribution in [0.15, 0.2) is 60.9 Å². The smallest absolute Gasteiger partial charge is 0.338 e. The molecule has 180 valence electrons. The maximum absolute atomic E-state index is 12.9. The molecule has 4 rings (SSSR count). The number of urea groups is 1. The van der Waals surface area contributed by atoms with Crippen LogP contribution in [-0.2, 0) is 4.79 Å². The van der Waals surface area contributed by atoms with Crippen molar-refractivity contribution >= 4 is 29.3 Å². The van der Waals surface area contributed by atoms with Gasteiger partial charge in [-0.25, -0.2) is 19.6 Å². The number of likely N-dealkylation sites (tertiary alicyclic amines) is 1. The summed E-state index contributed by atoms with van der Waals surface area (Å²) < 4.78 is 0. The van der Waals surface area contributed by atoms with Crippen LogP contribution in [0.1, 0.15) is 48.5 Å². The summed E-state index contributed by atoms with van der Waals surface area (Å²) in [6.07, 6.45) is 3.84. The van der Waals surface area contributed by atoms with E-state index in [1.807, 2.05) is 24.3 Å². The summed E-state index contributed by atoms with van der Waals surface area (Å²) in [5.74, 6) is -0.547. The minimum Gasteiger partial charge on any atom is -0.478 e. The van der Waals surface area contributed by atoms with Crippen LogP contribution in [0.3, 0.4) is 0 Å². The molecule has 2 aromatic carbocycles. The highest BCUT2D eigenvalue weighted by molar-refractivity contribution is 5.99. The molecule has 0 radical (unpaired) electrons. The summed E-state index contributed by atoms with van der Waals surface area (Å²) in [7, 11) is 0. The SMILES string of the molecule is CC(C)c1ccc(NC(=O)N2CCC[C@@H]2C(=O)Nc2ccc(-c3ncc(C(=O)O)cn3)cc2)cc1. The molecule has 0 spiro atoms. The number of hydrogen-bond acceptors (Lipinski definition) is 5. The normalized spacial score (nSPS) is 15.2. The first-order valence-electron chi connectivity index (χ1n) is 11.5. The molecule has 9 nitrogen and oxygen atoms in total. The van der Waals surface area contributed by atoms with E-state index >= 15 is 0 Å². The average molecular weight is 474 g/mol. The zero-order valence-corrected chi connectivity index (χ0v) is 19.6. The number of anilines is 2. The Morgan fingerprint density at radius 3 is 2.14 bits per heavy atom. The second kappa shape index (κ2) is 10.3. The lowest BCUT2D eigenvalue weighted by atomic mass is 10.0. The van der Waals surface area contributed by atoms with Crippen molar-refractivity contribution in [2.45, 2.75) is 38.6 Å². The molecular formula is C26H27N5O4. The van der Waals surface area contributed by atoms with Crippen LogP contribution in [0.5, 0.6) is 0 Å². The molecule has 1 aromatic heterocycles. The Hall–Kier alpha value is -4.27. The Morgan fingerprint density at radius 2 is 1.54 bits per heavy atom. The highest BCUT2D eigenvalue weighted by Crippen LogP contribution is 2.23. The Morgan fingerprint density at radius 1 is 0.943 bits per heavy atom. The number of nitrogens with one attached hydrogen (secondary N) is 2. The van der Waals surface area contributed by atoms with Gasteiger partial charge in [-0.05, 0) is 60.7 Å². The summed E-state index contributed by atoms with van der Waals surface area (Å²) in [6.45, 7) is 4.73. The van der Waals surface area contributed by atoms with Crippen molar-refractivity contribution in [2.24, 2.45) is 0 Å². The lowest BCUT2D eigenvalue weighted by molar-refractivity contribution is -0.119. The van der Waals surface area contributed by atoms with Crippen molar-refractivity contribution in [3.63, 3.8) is 0 Å². The minimum absolute atomic E-state index is 0.00959. The van der Waals surface area contributed by atoms with Crippen molar-refractivity contribution < 1.29 is 19.5 Å². The van der Waals surface area contributed by atoms with E-state index in [0.717, 1.165) is 6.42 Å². The predicted octanol–water partition coefficient (Wildman–Crippen LogP) is 4.60. The standard InChI is InChI=1S/C26H27N5O4/c1-16(2)17-5-9-21(10-6-17)30-26(35)31-13-3-4-22(31)24(32)29-20-11-7-18(8-12-20)23-27-14-19(15-28-23)25(33)34/h5-12,14-16,22H,3-4,13H2,1-2H3,(H,29,32)(H,30,35)(H,33,34)/t22-/m1/s1. The largest absolute Gasteiger partial charge is 0.478 e. The lowest BCUT2D eigenvalue weighted by Crippen LogP contribution is -2.45. The number of amides is 3. The van der Waals surface area contributed by atoms with E-state index in [0.29, 0.717) is 41.6 Å². The maximum Gasteiger partial charge on any atom is 0.338 e. The van der Waals surface area contributed by atoms with E-state index in [-0.39, 0.29) is 17.5 Å². The first-order valence-corrected chi connectivity index (χ1v) is 11.5. The third kappa shape index (κ3) is 5.63. The molecule has 2 heterocycles. The molecule has 0 unspecified atom stereocenters. The molecular weight excluding hydrogens is 446 g/mol. The number of hydrogen-bond donors (Lipinski definition) is 3. The molecule has 1 aliphatic heterocycles. The molecule has 3 N–H and O–H groups in total. The van der Waals surface area contributed by atoms with Gasteiger partial charge in [-0.3, -0.25) is 4.79 Å². The number of aromatic nitrogens is 2. The van der Waals surface area contributed by atoms with Crippen LogP contribution in [0.25, 0.3) is 11.4 Å². The zero-order valence-electron chi connectivity index (χ0n) is 19.6. The number of benzene rings is 2. The van der Waals surface area contributed by atoms with Gasteiger partial charge < -0.3 is 20.6 Å². The minimum atomic E-state index is -1.09. The molecule has 1 aliphatic rings. The number of rotatable bonds is 6. The second-order valence-electron chi connectivity index (χ2n) is 8.73. The molecule has 3 amide bonds. The molecule has 9 heteroatoms. The van der Waals surface area contributed by atoms with Gasteiger partial charge >= 0.3 is 12.0 Å². The third-order valence-corrected chi connectivity index (χ3v) is 5.95. The fourth-order valence-corrected chi connectivity index (χ4v) is 3.94. The van der Waals surface area contributed by atoms with Crippen LogP contribution >= 0.6 is 0 Å². The maximum atomic E-state index is 12.9. The Labute approximate surface area is 203 Å². The summed E-state index contributed by atoms with van der Waals surface area (Å²) in [4.78, 5) is 46.5. The van der Waals surface area contributed by atoms with Gasteiger partial charge in [0.2, 0.25) is 5.91 Å². The van der Waals surface area contributed by atoms with E-state index in [9.17, 15) is 14.4 Å². The molecule has 1 atom stereocenters. The topological polar surface area (TPSA) is 125 Å². The Kier molecular flexibility index (Phi) is 7.05. The van der Waals surface area contributed by atoms with Gasteiger partial charge in [0, 0.05) is 35.9 Å². The highest BCUT2D eigenvalue weighted by atomic mass is 16.4. The van der Waals surface area contributed by atoms with E-state index < -0.39 is 12.0 Å². The number of carboxylic acids is 1. The molecule has 3 aromatic rings. The van der Waals surface area contributed by atoms with Gasteiger partial charge in [-0.2, -0.15) is 0 Å². The first-order chi connectivity index (χ1) is 16.8. The summed E-state index contributed by atoms with van der Waals surface area (Å²) in [5, 5.41) is 14.7. The summed E-state index contributed by atoms with van der Waals surface area (Å²) >= 11 is 0. The van der Waals surface area contributed by atoms with E-state index in [4.69, 9.17) is 5.11 Å². The van der Waals surface area contributed by atoms with Crippen LogP contribution < -0.4 is 10.6 Å². The Bertz CT molecular complexity index is 1210. The molecule has 0 bridgehead atoms. The van der Waals surface area contributed by atoms with Gasteiger partial charge in [-0.15, -0.1) is 0 Å². The van der Waals surface area contributed by atoms with Gasteiger partial charge in [-0.1, -0.05) is 26.0 Å². The van der Waals surface area contributed by atoms with Crippen LogP contribution in [0.2, 0.25) is 0 Å². The first kappa shape index (κ1) is 23.9. The molecule has 1 fully saturated rings. The second-order valence-corrected chi connectivity index (χ2v) is 8.73. The van der Waals surface area contributed by atoms with Crippen molar-refractivity contribution in [1.82, 2.24) is 14.9 Å². The quantitative estimate of drug-likeness (QED) is 0.481. The molecule has 0 saturated carbocycles.